The maximum absolute atomic E-state index is 13.4. The first-order valence-electron chi connectivity index (χ1n) is 11.3. The Morgan fingerprint density at radius 3 is 2.49 bits per heavy atom. The molecule has 0 unspecified atom stereocenters. The van der Waals surface area contributed by atoms with E-state index in [1.807, 2.05) is 0 Å². The zero-order valence-corrected chi connectivity index (χ0v) is 18.7. The van der Waals surface area contributed by atoms with Gasteiger partial charge in [0.05, 0.1) is 11.3 Å². The molecule has 1 aliphatic rings. The molecule has 1 fully saturated rings. The number of halogens is 3. The molecule has 12 heteroatoms. The minimum absolute atomic E-state index is 0.0458. The van der Waals surface area contributed by atoms with Crippen molar-refractivity contribution in [3.8, 4) is 5.69 Å². The molecule has 0 radical (unpaired) electrons. The number of H-pyrrole nitrogens is 1. The van der Waals surface area contributed by atoms with Gasteiger partial charge in [0, 0.05) is 31.0 Å². The first kappa shape index (κ1) is 24.4. The van der Waals surface area contributed by atoms with Crippen molar-refractivity contribution in [2.24, 2.45) is 5.92 Å². The Hall–Kier alpha value is -3.70. The van der Waals surface area contributed by atoms with Crippen molar-refractivity contribution in [3.05, 3.63) is 64.2 Å². The number of ketones is 1. The van der Waals surface area contributed by atoms with Gasteiger partial charge in [-0.05, 0) is 44.2 Å². The highest BCUT2D eigenvalue weighted by atomic mass is 19.4. The van der Waals surface area contributed by atoms with Gasteiger partial charge in [-0.15, -0.1) is 0 Å². The number of aromatic nitrogens is 4. The SMILES string of the molecule is O=C(NCCCC(=O)C1CCC(c2noc(=O)[nH]2)CC1)c1cn(-c2ccccc2)nc1C(F)(F)F. The summed E-state index contributed by atoms with van der Waals surface area (Å²) in [5.74, 6) is -1.02. The highest BCUT2D eigenvalue weighted by Gasteiger charge is 2.39. The summed E-state index contributed by atoms with van der Waals surface area (Å²) in [6.07, 6.45) is -0.514. The van der Waals surface area contributed by atoms with Gasteiger partial charge >= 0.3 is 11.9 Å². The van der Waals surface area contributed by atoms with Gasteiger partial charge in [0.25, 0.3) is 5.91 Å². The number of hydrogen-bond acceptors (Lipinski definition) is 6. The largest absolute Gasteiger partial charge is 0.438 e. The van der Waals surface area contributed by atoms with E-state index in [1.165, 1.54) is 0 Å². The Kier molecular flexibility index (Phi) is 7.17. The summed E-state index contributed by atoms with van der Waals surface area (Å²) in [4.78, 5) is 38.7. The van der Waals surface area contributed by atoms with Crippen LogP contribution in [-0.4, -0.2) is 38.2 Å². The van der Waals surface area contributed by atoms with Crippen molar-refractivity contribution in [1.29, 1.82) is 0 Å². The molecule has 0 aliphatic heterocycles. The fourth-order valence-electron chi connectivity index (χ4n) is 4.33. The lowest BCUT2D eigenvalue weighted by molar-refractivity contribution is -0.141. The molecule has 0 saturated heterocycles. The molecule has 4 rings (SSSR count). The Morgan fingerprint density at radius 1 is 1.14 bits per heavy atom. The van der Waals surface area contributed by atoms with Crippen LogP contribution in [0.25, 0.3) is 5.69 Å². The average Bonchev–Trinajstić information content (AvgIpc) is 3.49. The monoisotopic (exact) mass is 491 g/mol. The van der Waals surface area contributed by atoms with Gasteiger partial charge in [0.1, 0.15) is 5.78 Å². The van der Waals surface area contributed by atoms with Crippen molar-refractivity contribution in [2.75, 3.05) is 6.54 Å². The van der Waals surface area contributed by atoms with Gasteiger partial charge < -0.3 is 5.32 Å². The van der Waals surface area contributed by atoms with Crippen molar-refractivity contribution in [2.45, 2.75) is 50.6 Å². The van der Waals surface area contributed by atoms with E-state index in [-0.39, 0.29) is 30.6 Å². The number of hydrogen-bond donors (Lipinski definition) is 2. The van der Waals surface area contributed by atoms with Crippen molar-refractivity contribution in [1.82, 2.24) is 25.2 Å². The number of carbonyl (C=O) groups excluding carboxylic acids is 2. The zero-order valence-electron chi connectivity index (χ0n) is 18.7. The Balaban J connectivity index is 1.27. The standard InChI is InChI=1S/C23H24F3N5O4/c24-23(25,26)19-17(13-31(29-19)16-5-2-1-3-6-16)21(33)27-12-4-7-18(32)14-8-10-15(11-9-14)20-28-22(34)35-30-20/h1-3,5-6,13-15H,4,7-12H2,(H,27,33)(H,28,30,34). The number of benzene rings is 1. The van der Waals surface area contributed by atoms with Crippen LogP contribution in [0.4, 0.5) is 13.2 Å². The van der Waals surface area contributed by atoms with Crippen LogP contribution in [-0.2, 0) is 11.0 Å². The molecular weight excluding hydrogens is 467 g/mol. The number of nitrogens with one attached hydrogen (secondary N) is 2. The number of Topliss-reactive ketones (excluding diaryl/α,β-unsaturated/α-hetero) is 1. The average molecular weight is 491 g/mol. The summed E-state index contributed by atoms with van der Waals surface area (Å²) in [6.45, 7) is 0.0634. The molecule has 2 aromatic heterocycles. The summed E-state index contributed by atoms with van der Waals surface area (Å²) in [5, 5.41) is 9.74. The number of rotatable bonds is 8. The minimum Gasteiger partial charge on any atom is -0.352 e. The highest BCUT2D eigenvalue weighted by molar-refractivity contribution is 5.95. The molecule has 3 aromatic rings. The van der Waals surface area contributed by atoms with Crippen molar-refractivity contribution < 1.29 is 27.3 Å². The Labute approximate surface area is 197 Å². The van der Waals surface area contributed by atoms with Crippen molar-refractivity contribution in [3.63, 3.8) is 0 Å². The maximum atomic E-state index is 13.4. The lowest BCUT2D eigenvalue weighted by Crippen LogP contribution is -2.28. The second kappa shape index (κ2) is 10.3. The van der Waals surface area contributed by atoms with E-state index in [2.05, 4.69) is 25.1 Å². The van der Waals surface area contributed by atoms with Crippen LogP contribution in [0.15, 0.2) is 45.8 Å². The van der Waals surface area contributed by atoms with Crippen LogP contribution >= 0.6 is 0 Å². The van der Waals surface area contributed by atoms with E-state index in [0.717, 1.165) is 10.9 Å². The number of nitrogens with zero attached hydrogens (tertiary/aromatic N) is 3. The van der Waals surface area contributed by atoms with E-state index < -0.39 is 29.1 Å². The number of amides is 1. The maximum Gasteiger partial charge on any atom is 0.438 e. The molecule has 9 nitrogen and oxygen atoms in total. The van der Waals surface area contributed by atoms with E-state index in [4.69, 9.17) is 0 Å². The second-order valence-electron chi connectivity index (χ2n) is 8.52. The van der Waals surface area contributed by atoms with Crippen LogP contribution in [0.3, 0.4) is 0 Å². The lowest BCUT2D eigenvalue weighted by atomic mass is 9.79. The number of aromatic amines is 1. The molecule has 1 aliphatic carbocycles. The summed E-state index contributed by atoms with van der Waals surface area (Å²) in [7, 11) is 0. The molecular formula is C23H24F3N5O4. The number of carbonyl (C=O) groups is 2. The molecule has 0 atom stereocenters. The molecule has 0 spiro atoms. The molecule has 0 bridgehead atoms. The van der Waals surface area contributed by atoms with E-state index in [0.29, 0.717) is 43.6 Å². The molecule has 186 valence electrons. The number of alkyl halides is 3. The predicted molar refractivity (Wildman–Crippen MR) is 117 cm³/mol. The second-order valence-corrected chi connectivity index (χ2v) is 8.52. The smallest absolute Gasteiger partial charge is 0.352 e. The lowest BCUT2D eigenvalue weighted by Gasteiger charge is -2.25. The van der Waals surface area contributed by atoms with E-state index in [9.17, 15) is 27.6 Å². The van der Waals surface area contributed by atoms with Crippen LogP contribution in [0.5, 0.6) is 0 Å². The third-order valence-electron chi connectivity index (χ3n) is 6.16. The quantitative estimate of drug-likeness (QED) is 0.464. The van der Waals surface area contributed by atoms with Gasteiger partial charge in [-0.25, -0.2) is 9.48 Å². The van der Waals surface area contributed by atoms with Gasteiger partial charge in [0.2, 0.25) is 0 Å². The van der Waals surface area contributed by atoms with Gasteiger partial charge in [0.15, 0.2) is 11.5 Å². The summed E-state index contributed by atoms with van der Waals surface area (Å²) < 4.78 is 45.9. The number of para-hydroxylation sites is 1. The van der Waals surface area contributed by atoms with Crippen LogP contribution < -0.4 is 11.1 Å². The van der Waals surface area contributed by atoms with Gasteiger partial charge in [-0.2, -0.15) is 18.3 Å². The fourth-order valence-corrected chi connectivity index (χ4v) is 4.33. The third kappa shape index (κ3) is 5.87. The zero-order chi connectivity index (χ0) is 25.0. The predicted octanol–water partition coefficient (Wildman–Crippen LogP) is 3.62. The van der Waals surface area contributed by atoms with Crippen molar-refractivity contribution >= 4 is 11.7 Å². The van der Waals surface area contributed by atoms with Crippen LogP contribution in [0.2, 0.25) is 0 Å². The molecule has 2 heterocycles. The van der Waals surface area contributed by atoms with Crippen LogP contribution in [0, 0.1) is 5.92 Å². The van der Waals surface area contributed by atoms with E-state index in [1.54, 1.807) is 30.3 Å². The first-order valence-corrected chi connectivity index (χ1v) is 11.3. The Bertz CT molecular complexity index is 1220. The minimum atomic E-state index is -4.79. The first-order chi connectivity index (χ1) is 16.7. The molecule has 1 aromatic carbocycles. The van der Waals surface area contributed by atoms with E-state index >= 15 is 0 Å². The molecule has 35 heavy (non-hydrogen) atoms. The summed E-state index contributed by atoms with van der Waals surface area (Å²) in [5.41, 5.74) is -1.44. The fraction of sp³-hybridized carbons (Fsp3) is 0.435. The normalized spacial score (nSPS) is 18.4. The third-order valence-corrected chi connectivity index (χ3v) is 6.16. The van der Waals surface area contributed by atoms with Crippen LogP contribution in [0.1, 0.15) is 66.3 Å². The highest BCUT2D eigenvalue weighted by Crippen LogP contribution is 2.35. The molecule has 2 N–H and O–H groups in total. The molecule has 1 amide bonds. The topological polar surface area (TPSA) is 123 Å². The summed E-state index contributed by atoms with van der Waals surface area (Å²) >= 11 is 0. The van der Waals surface area contributed by atoms with Gasteiger partial charge in [-0.3, -0.25) is 19.1 Å². The Morgan fingerprint density at radius 2 is 1.86 bits per heavy atom. The summed E-state index contributed by atoms with van der Waals surface area (Å²) in [6, 6.07) is 8.19. The van der Waals surface area contributed by atoms with Gasteiger partial charge in [-0.1, -0.05) is 23.4 Å². The molecule has 1 saturated carbocycles.